The van der Waals surface area contributed by atoms with E-state index in [1.165, 1.54) is 37.7 Å². The summed E-state index contributed by atoms with van der Waals surface area (Å²) in [6.07, 6.45) is 7.90. The second-order valence-electron chi connectivity index (χ2n) is 6.63. The van der Waals surface area contributed by atoms with E-state index in [4.69, 9.17) is 0 Å². The normalized spacial score (nSPS) is 24.1. The summed E-state index contributed by atoms with van der Waals surface area (Å²) in [5.41, 5.74) is 1.56. The van der Waals surface area contributed by atoms with Gasteiger partial charge in [0.15, 0.2) is 0 Å². The van der Waals surface area contributed by atoms with Crippen LogP contribution < -0.4 is 10.6 Å². The van der Waals surface area contributed by atoms with Gasteiger partial charge in [-0.2, -0.15) is 0 Å². The average Bonchev–Trinajstić information content (AvgIpc) is 3.18. The van der Waals surface area contributed by atoms with Gasteiger partial charge in [0.1, 0.15) is 0 Å². The van der Waals surface area contributed by atoms with Crippen LogP contribution in [0.15, 0.2) is 30.3 Å². The van der Waals surface area contributed by atoms with Crippen LogP contribution in [0.4, 0.5) is 0 Å². The molecule has 0 aromatic heterocycles. The molecule has 1 heterocycles. The maximum atomic E-state index is 12.2. The largest absolute Gasteiger partial charge is 0.355 e. The molecule has 0 radical (unpaired) electrons. The Morgan fingerprint density at radius 2 is 1.95 bits per heavy atom. The molecule has 1 amide bonds. The monoisotopic (exact) mass is 286 g/mol. The molecule has 0 bridgehead atoms. The molecule has 1 aromatic carbocycles. The van der Waals surface area contributed by atoms with Crippen LogP contribution in [0.3, 0.4) is 0 Å². The van der Waals surface area contributed by atoms with Crippen molar-refractivity contribution in [2.24, 2.45) is 0 Å². The van der Waals surface area contributed by atoms with Crippen LogP contribution in [-0.4, -0.2) is 25.0 Å². The predicted molar refractivity (Wildman–Crippen MR) is 85.2 cm³/mol. The van der Waals surface area contributed by atoms with Crippen LogP contribution in [0.1, 0.15) is 50.5 Å². The van der Waals surface area contributed by atoms with Crippen LogP contribution in [0, 0.1) is 0 Å². The lowest BCUT2D eigenvalue weighted by Gasteiger charge is -2.30. The first kappa shape index (κ1) is 14.6. The highest BCUT2D eigenvalue weighted by Crippen LogP contribution is 2.40. The third-order valence-corrected chi connectivity index (χ3v) is 5.16. The summed E-state index contributed by atoms with van der Waals surface area (Å²) >= 11 is 0. The number of rotatable bonds is 5. The van der Waals surface area contributed by atoms with Gasteiger partial charge in [0.05, 0.1) is 0 Å². The lowest BCUT2D eigenvalue weighted by Crippen LogP contribution is -2.40. The number of nitrogens with one attached hydrogen (secondary N) is 2. The van der Waals surface area contributed by atoms with E-state index in [2.05, 4.69) is 41.0 Å². The predicted octanol–water partition coefficient (Wildman–Crippen LogP) is 2.76. The SMILES string of the molecule is O=C(CC1CCCN1)NCC1(c2ccccc2)CCCC1. The van der Waals surface area contributed by atoms with E-state index < -0.39 is 0 Å². The molecule has 1 aliphatic carbocycles. The zero-order chi connectivity index (χ0) is 14.5. The molecule has 21 heavy (non-hydrogen) atoms. The zero-order valence-electron chi connectivity index (χ0n) is 12.7. The maximum absolute atomic E-state index is 12.2. The molecule has 1 saturated heterocycles. The Labute approximate surface area is 127 Å². The first-order valence-electron chi connectivity index (χ1n) is 8.34. The lowest BCUT2D eigenvalue weighted by atomic mass is 9.79. The van der Waals surface area contributed by atoms with Crippen molar-refractivity contribution in [3.05, 3.63) is 35.9 Å². The number of carbonyl (C=O) groups is 1. The fourth-order valence-corrected chi connectivity index (χ4v) is 3.91. The number of hydrogen-bond acceptors (Lipinski definition) is 2. The summed E-state index contributed by atoms with van der Waals surface area (Å²) in [5, 5.41) is 6.61. The van der Waals surface area contributed by atoms with Gasteiger partial charge in [-0.1, -0.05) is 43.2 Å². The van der Waals surface area contributed by atoms with E-state index in [-0.39, 0.29) is 11.3 Å². The maximum Gasteiger partial charge on any atom is 0.221 e. The van der Waals surface area contributed by atoms with Crippen molar-refractivity contribution in [1.29, 1.82) is 0 Å². The van der Waals surface area contributed by atoms with E-state index in [0.29, 0.717) is 12.5 Å². The summed E-state index contributed by atoms with van der Waals surface area (Å²) in [4.78, 5) is 12.2. The Bertz CT molecular complexity index is 459. The highest BCUT2D eigenvalue weighted by molar-refractivity contribution is 5.76. The average molecular weight is 286 g/mol. The van der Waals surface area contributed by atoms with Gasteiger partial charge >= 0.3 is 0 Å². The fraction of sp³-hybridized carbons (Fsp3) is 0.611. The standard InChI is InChI=1S/C18H26N2O/c21-17(13-16-9-6-12-19-16)20-14-18(10-4-5-11-18)15-7-2-1-3-8-15/h1-3,7-8,16,19H,4-6,9-14H2,(H,20,21). The van der Waals surface area contributed by atoms with Gasteiger partial charge in [0, 0.05) is 24.4 Å². The van der Waals surface area contributed by atoms with Crippen molar-refractivity contribution >= 4 is 5.91 Å². The van der Waals surface area contributed by atoms with Crippen molar-refractivity contribution in [2.75, 3.05) is 13.1 Å². The topological polar surface area (TPSA) is 41.1 Å². The van der Waals surface area contributed by atoms with Crippen LogP contribution >= 0.6 is 0 Å². The molecular formula is C18H26N2O. The first-order valence-corrected chi connectivity index (χ1v) is 8.34. The van der Waals surface area contributed by atoms with E-state index >= 15 is 0 Å². The Kier molecular flexibility index (Phi) is 4.59. The molecule has 2 fully saturated rings. The van der Waals surface area contributed by atoms with Crippen LogP contribution in [0.5, 0.6) is 0 Å². The molecule has 0 spiro atoms. The Balaban J connectivity index is 1.59. The molecule has 1 aliphatic heterocycles. The number of amides is 1. The molecule has 3 nitrogen and oxygen atoms in total. The summed E-state index contributed by atoms with van der Waals surface area (Å²) in [7, 11) is 0. The Morgan fingerprint density at radius 1 is 1.19 bits per heavy atom. The van der Waals surface area contributed by atoms with Crippen molar-refractivity contribution < 1.29 is 4.79 Å². The number of benzene rings is 1. The molecule has 1 aromatic rings. The van der Waals surface area contributed by atoms with Crippen molar-refractivity contribution in [1.82, 2.24) is 10.6 Å². The second-order valence-corrected chi connectivity index (χ2v) is 6.63. The van der Waals surface area contributed by atoms with Crippen LogP contribution in [0.2, 0.25) is 0 Å². The quantitative estimate of drug-likeness (QED) is 0.874. The minimum absolute atomic E-state index is 0.167. The van der Waals surface area contributed by atoms with E-state index in [0.717, 1.165) is 19.5 Å². The van der Waals surface area contributed by atoms with E-state index in [1.807, 2.05) is 0 Å². The van der Waals surface area contributed by atoms with E-state index in [9.17, 15) is 4.79 Å². The van der Waals surface area contributed by atoms with Gasteiger partial charge in [-0.15, -0.1) is 0 Å². The molecule has 3 rings (SSSR count). The molecule has 1 atom stereocenters. The summed E-state index contributed by atoms with van der Waals surface area (Å²) < 4.78 is 0. The Hall–Kier alpha value is -1.35. The molecule has 2 aliphatic rings. The van der Waals surface area contributed by atoms with Gasteiger partial charge in [0.2, 0.25) is 5.91 Å². The van der Waals surface area contributed by atoms with Crippen LogP contribution in [-0.2, 0) is 10.2 Å². The van der Waals surface area contributed by atoms with Gasteiger partial charge in [-0.05, 0) is 37.8 Å². The van der Waals surface area contributed by atoms with Gasteiger partial charge < -0.3 is 10.6 Å². The molecule has 2 N–H and O–H groups in total. The highest BCUT2D eigenvalue weighted by atomic mass is 16.1. The van der Waals surface area contributed by atoms with E-state index in [1.54, 1.807) is 0 Å². The van der Waals surface area contributed by atoms with Crippen molar-refractivity contribution in [2.45, 2.75) is 56.4 Å². The van der Waals surface area contributed by atoms with Crippen molar-refractivity contribution in [3.8, 4) is 0 Å². The summed E-state index contributed by atoms with van der Waals surface area (Å²) in [5.74, 6) is 0.205. The third kappa shape index (κ3) is 3.46. The molecular weight excluding hydrogens is 260 g/mol. The van der Waals surface area contributed by atoms with Crippen LogP contribution in [0.25, 0.3) is 0 Å². The third-order valence-electron chi connectivity index (χ3n) is 5.16. The van der Waals surface area contributed by atoms with Gasteiger partial charge in [-0.25, -0.2) is 0 Å². The minimum Gasteiger partial charge on any atom is -0.355 e. The molecule has 1 unspecified atom stereocenters. The van der Waals surface area contributed by atoms with Gasteiger partial charge in [-0.3, -0.25) is 4.79 Å². The summed E-state index contributed by atoms with van der Waals surface area (Å²) in [6, 6.07) is 11.1. The van der Waals surface area contributed by atoms with Gasteiger partial charge in [0.25, 0.3) is 0 Å². The number of hydrogen-bond donors (Lipinski definition) is 2. The lowest BCUT2D eigenvalue weighted by molar-refractivity contribution is -0.121. The Morgan fingerprint density at radius 3 is 2.62 bits per heavy atom. The summed E-state index contributed by atoms with van der Waals surface area (Å²) in [6.45, 7) is 1.86. The minimum atomic E-state index is 0.167. The van der Waals surface area contributed by atoms with Crippen molar-refractivity contribution in [3.63, 3.8) is 0 Å². The zero-order valence-corrected chi connectivity index (χ0v) is 12.7. The molecule has 1 saturated carbocycles. The smallest absolute Gasteiger partial charge is 0.221 e. The number of carbonyl (C=O) groups excluding carboxylic acids is 1. The second kappa shape index (κ2) is 6.61. The fourth-order valence-electron chi connectivity index (χ4n) is 3.91. The molecule has 3 heteroatoms. The molecule has 114 valence electrons. The first-order chi connectivity index (χ1) is 10.3. The highest BCUT2D eigenvalue weighted by Gasteiger charge is 2.35.